The molecule has 1 amide bonds. The number of ether oxygens (including phenoxy) is 1. The van der Waals surface area contributed by atoms with Gasteiger partial charge in [-0.3, -0.25) is 9.59 Å². The van der Waals surface area contributed by atoms with Gasteiger partial charge in [0.15, 0.2) is 0 Å². The summed E-state index contributed by atoms with van der Waals surface area (Å²) in [5.41, 5.74) is 0. The molecule has 3 N–H and O–H groups in total. The Morgan fingerprint density at radius 1 is 0.492 bits per heavy atom. The van der Waals surface area contributed by atoms with Gasteiger partial charge in [0, 0.05) is 6.42 Å². The van der Waals surface area contributed by atoms with E-state index in [1.807, 2.05) is 0 Å². The lowest BCUT2D eigenvalue weighted by molar-refractivity contribution is -0.151. The number of rotatable bonds is 46. The Kier molecular flexibility index (Phi) is 45.6. The van der Waals surface area contributed by atoms with Gasteiger partial charge in [-0.05, 0) is 64.2 Å². The predicted molar refractivity (Wildman–Crippen MR) is 255 cm³/mol. The summed E-state index contributed by atoms with van der Waals surface area (Å²) in [6.45, 7) is 6.44. The first-order valence-corrected chi connectivity index (χ1v) is 25.7. The molecule has 6 nitrogen and oxygen atoms in total. The molecule has 0 radical (unpaired) electrons. The molecule has 0 aromatic carbocycles. The third-order valence-electron chi connectivity index (χ3n) is 11.7. The van der Waals surface area contributed by atoms with Gasteiger partial charge in [-0.1, -0.05) is 224 Å². The number of carbonyl (C=O) groups is 2. The maximum absolute atomic E-state index is 13.2. The van der Waals surface area contributed by atoms with Gasteiger partial charge in [0.25, 0.3) is 0 Å². The third kappa shape index (κ3) is 42.6. The van der Waals surface area contributed by atoms with Crippen LogP contribution < -0.4 is 5.32 Å². The third-order valence-corrected chi connectivity index (χ3v) is 11.7. The molecule has 0 heterocycles. The first-order valence-electron chi connectivity index (χ1n) is 25.7. The van der Waals surface area contributed by atoms with Crippen LogP contribution in [0.25, 0.3) is 0 Å². The minimum Gasteiger partial charge on any atom is -0.462 e. The topological polar surface area (TPSA) is 95.9 Å². The fraction of sp³-hybridized carbons (Fsp3) is 0.849. The quantitative estimate of drug-likeness (QED) is 0.0323. The van der Waals surface area contributed by atoms with Crippen LogP contribution in [0.5, 0.6) is 0 Å². The minimum absolute atomic E-state index is 0.0660. The number of esters is 1. The number of aliphatic hydroxyl groups is 2. The number of hydrogen-bond acceptors (Lipinski definition) is 5. The van der Waals surface area contributed by atoms with E-state index in [2.05, 4.69) is 62.5 Å². The Morgan fingerprint density at radius 2 is 0.864 bits per heavy atom. The molecule has 0 aliphatic carbocycles. The number of aliphatic hydroxyl groups excluding tert-OH is 2. The van der Waals surface area contributed by atoms with Crippen molar-refractivity contribution < 1.29 is 24.5 Å². The normalized spacial score (nSPS) is 13.5. The van der Waals surface area contributed by atoms with Crippen molar-refractivity contribution in [2.75, 3.05) is 6.61 Å². The van der Waals surface area contributed by atoms with E-state index in [1.54, 1.807) is 0 Å². The summed E-state index contributed by atoms with van der Waals surface area (Å²) in [5, 5.41) is 23.8. The van der Waals surface area contributed by atoms with E-state index in [9.17, 15) is 19.8 Å². The number of carbonyl (C=O) groups excluding carboxylic acids is 2. The standard InChI is InChI=1S/C53H99NO5/c1-4-7-10-13-16-19-21-23-25-26-27-28-30-33-35-38-41-44-49(59-53(58)46-43-40-37-32-18-15-12-9-6-3)47-52(57)54-50(48-55)51(56)45-42-39-36-34-31-29-24-22-20-17-14-11-8-5-2/h16,19,23,25,27-28,49-51,55-56H,4-15,17-18,20-22,24,26,29-48H2,1-3H3,(H,54,57)/b19-16-,25-23-,28-27-. The van der Waals surface area contributed by atoms with Crippen LogP contribution in [-0.4, -0.2) is 46.9 Å². The highest BCUT2D eigenvalue weighted by Crippen LogP contribution is 2.18. The molecule has 3 unspecified atom stereocenters. The largest absolute Gasteiger partial charge is 0.462 e. The second-order valence-corrected chi connectivity index (χ2v) is 17.6. The zero-order chi connectivity index (χ0) is 43.1. The maximum Gasteiger partial charge on any atom is 0.306 e. The number of hydrogen-bond donors (Lipinski definition) is 3. The fourth-order valence-electron chi connectivity index (χ4n) is 7.79. The van der Waals surface area contributed by atoms with Crippen LogP contribution in [0, 0.1) is 0 Å². The van der Waals surface area contributed by atoms with Gasteiger partial charge in [-0.15, -0.1) is 0 Å². The second-order valence-electron chi connectivity index (χ2n) is 17.6. The van der Waals surface area contributed by atoms with Crippen molar-refractivity contribution in [1.29, 1.82) is 0 Å². The molecule has 3 atom stereocenters. The minimum atomic E-state index is -0.791. The van der Waals surface area contributed by atoms with E-state index in [-0.39, 0.29) is 24.9 Å². The van der Waals surface area contributed by atoms with Crippen molar-refractivity contribution in [2.45, 2.75) is 283 Å². The van der Waals surface area contributed by atoms with Gasteiger partial charge >= 0.3 is 5.97 Å². The number of nitrogens with one attached hydrogen (secondary N) is 1. The molecule has 0 spiro atoms. The Balaban J connectivity index is 4.56. The van der Waals surface area contributed by atoms with E-state index in [0.717, 1.165) is 83.5 Å². The highest BCUT2D eigenvalue weighted by Gasteiger charge is 2.24. The molecule has 346 valence electrons. The summed E-state index contributed by atoms with van der Waals surface area (Å²) < 4.78 is 5.91. The van der Waals surface area contributed by atoms with Crippen LogP contribution in [0.2, 0.25) is 0 Å². The SMILES string of the molecule is CCCCC/C=C\C/C=C\C/C=C\CCCCCCC(CC(=O)NC(CO)C(O)CCCCCCCCCCCCCCCC)OC(=O)CCCCCCCCCCC. The number of unbranched alkanes of at least 4 members (excludes halogenated alkanes) is 28. The lowest BCUT2D eigenvalue weighted by atomic mass is 10.0. The predicted octanol–water partition coefficient (Wildman–Crippen LogP) is 15.3. The molecular weight excluding hydrogens is 731 g/mol. The lowest BCUT2D eigenvalue weighted by Gasteiger charge is -2.24. The van der Waals surface area contributed by atoms with Gasteiger partial charge in [-0.2, -0.15) is 0 Å². The highest BCUT2D eigenvalue weighted by molar-refractivity contribution is 5.77. The Morgan fingerprint density at radius 3 is 1.34 bits per heavy atom. The summed E-state index contributed by atoms with van der Waals surface area (Å²) >= 11 is 0. The fourth-order valence-corrected chi connectivity index (χ4v) is 7.79. The van der Waals surface area contributed by atoms with Crippen molar-refractivity contribution in [3.63, 3.8) is 0 Å². The van der Waals surface area contributed by atoms with E-state index in [4.69, 9.17) is 4.74 Å². The number of allylic oxidation sites excluding steroid dienone is 6. The number of amides is 1. The zero-order valence-electron chi connectivity index (χ0n) is 39.4. The Labute approximate surface area is 366 Å². The summed E-state index contributed by atoms with van der Waals surface area (Å²) in [6.07, 6.45) is 54.9. The van der Waals surface area contributed by atoms with E-state index in [0.29, 0.717) is 19.3 Å². The molecule has 0 saturated carbocycles. The Bertz CT molecular complexity index is 977. The first kappa shape index (κ1) is 57.1. The highest BCUT2D eigenvalue weighted by atomic mass is 16.5. The van der Waals surface area contributed by atoms with Crippen LogP contribution >= 0.6 is 0 Å². The molecule has 0 rings (SSSR count). The first-order chi connectivity index (χ1) is 29.0. The molecule has 0 aliphatic rings. The van der Waals surface area contributed by atoms with Gasteiger partial charge < -0.3 is 20.3 Å². The molecule has 0 fully saturated rings. The van der Waals surface area contributed by atoms with E-state index in [1.165, 1.54) is 135 Å². The van der Waals surface area contributed by atoms with Crippen LogP contribution in [0.3, 0.4) is 0 Å². The molecule has 0 bridgehead atoms. The van der Waals surface area contributed by atoms with Crippen LogP contribution in [-0.2, 0) is 14.3 Å². The average molecular weight is 830 g/mol. The van der Waals surface area contributed by atoms with Gasteiger partial charge in [0.2, 0.25) is 5.91 Å². The molecular formula is C53H99NO5. The summed E-state index contributed by atoms with van der Waals surface area (Å²) in [4.78, 5) is 26.1. The lowest BCUT2D eigenvalue weighted by Crippen LogP contribution is -2.46. The van der Waals surface area contributed by atoms with Crippen molar-refractivity contribution in [3.8, 4) is 0 Å². The van der Waals surface area contributed by atoms with Crippen molar-refractivity contribution in [1.82, 2.24) is 5.32 Å². The molecule has 0 aromatic rings. The average Bonchev–Trinajstić information content (AvgIpc) is 3.23. The van der Waals surface area contributed by atoms with E-state index < -0.39 is 18.2 Å². The van der Waals surface area contributed by atoms with Crippen LogP contribution in [0.4, 0.5) is 0 Å². The van der Waals surface area contributed by atoms with Gasteiger partial charge in [0.1, 0.15) is 6.10 Å². The molecule has 59 heavy (non-hydrogen) atoms. The molecule has 0 aromatic heterocycles. The van der Waals surface area contributed by atoms with Crippen molar-refractivity contribution in [2.24, 2.45) is 0 Å². The second kappa shape index (κ2) is 47.1. The Hall–Kier alpha value is -1.92. The van der Waals surface area contributed by atoms with Crippen LogP contribution in [0.1, 0.15) is 265 Å². The molecule has 0 aliphatic heterocycles. The smallest absolute Gasteiger partial charge is 0.306 e. The molecule has 6 heteroatoms. The zero-order valence-corrected chi connectivity index (χ0v) is 39.4. The monoisotopic (exact) mass is 830 g/mol. The summed E-state index contributed by atoms with van der Waals surface area (Å²) in [5.74, 6) is -0.489. The van der Waals surface area contributed by atoms with Gasteiger partial charge in [-0.25, -0.2) is 0 Å². The molecule has 0 saturated heterocycles. The van der Waals surface area contributed by atoms with E-state index >= 15 is 0 Å². The van der Waals surface area contributed by atoms with Gasteiger partial charge in [0.05, 0.1) is 25.2 Å². The maximum atomic E-state index is 13.2. The summed E-state index contributed by atoms with van der Waals surface area (Å²) in [6, 6.07) is -0.705. The van der Waals surface area contributed by atoms with Crippen molar-refractivity contribution >= 4 is 11.9 Å². The van der Waals surface area contributed by atoms with Crippen molar-refractivity contribution in [3.05, 3.63) is 36.5 Å². The summed E-state index contributed by atoms with van der Waals surface area (Å²) in [7, 11) is 0. The van der Waals surface area contributed by atoms with Crippen LogP contribution in [0.15, 0.2) is 36.5 Å².